The van der Waals surface area contributed by atoms with Crippen LogP contribution in [-0.4, -0.2) is 103 Å². The number of urea groups is 1. The Morgan fingerprint density at radius 3 is 2.42 bits per heavy atom. The second kappa shape index (κ2) is 9.91. The predicted molar refractivity (Wildman–Crippen MR) is 139 cm³/mol. The van der Waals surface area contributed by atoms with Crippen LogP contribution in [0.15, 0.2) is 53.5 Å². The summed E-state index contributed by atoms with van der Waals surface area (Å²) in [6, 6.07) is 14.7. The number of methoxy groups -OCH3 is 1. The second-order valence-corrected chi connectivity index (χ2v) is 9.68. The number of aliphatic imine (C=N–C) groups is 1. The molecule has 9 nitrogen and oxygen atoms in total. The van der Waals surface area contributed by atoms with Gasteiger partial charge in [0.05, 0.1) is 7.11 Å². The first kappa shape index (κ1) is 24.3. The maximum absolute atomic E-state index is 13.2. The number of carbonyl (C=O) groups is 2. The summed E-state index contributed by atoms with van der Waals surface area (Å²) in [5, 5.41) is 0.642. The van der Waals surface area contributed by atoms with E-state index in [4.69, 9.17) is 21.3 Å². The summed E-state index contributed by atoms with van der Waals surface area (Å²) < 4.78 is 7.28. The van der Waals surface area contributed by atoms with Gasteiger partial charge in [-0.1, -0.05) is 23.7 Å². The number of hydrogen-bond acceptors (Lipinski definition) is 6. The Morgan fingerprint density at radius 1 is 1.03 bits per heavy atom. The number of benzene rings is 2. The van der Waals surface area contributed by atoms with E-state index < -0.39 is 6.04 Å². The number of carbonyl (C=O) groups excluding carboxylic acids is 2. The lowest BCUT2D eigenvalue weighted by Gasteiger charge is -2.35. The van der Waals surface area contributed by atoms with Crippen molar-refractivity contribution in [2.75, 3.05) is 58.8 Å². The van der Waals surface area contributed by atoms with Crippen LogP contribution in [0.1, 0.15) is 5.56 Å². The number of amidine groups is 2. The Kier molecular flexibility index (Phi) is 6.68. The fourth-order valence-corrected chi connectivity index (χ4v) is 5.16. The molecule has 1 unspecified atom stereocenters. The zero-order chi connectivity index (χ0) is 25.4. The average molecular weight is 510 g/mol. The van der Waals surface area contributed by atoms with E-state index in [0.29, 0.717) is 23.9 Å². The van der Waals surface area contributed by atoms with Crippen molar-refractivity contribution in [2.45, 2.75) is 12.6 Å². The van der Waals surface area contributed by atoms with Crippen molar-refractivity contribution in [3.05, 3.63) is 59.1 Å². The van der Waals surface area contributed by atoms with Crippen LogP contribution in [0.4, 0.5) is 10.5 Å². The Bertz CT molecular complexity index is 1240. The van der Waals surface area contributed by atoms with Crippen molar-refractivity contribution in [2.24, 2.45) is 4.99 Å². The first-order chi connectivity index (χ1) is 17.4. The van der Waals surface area contributed by atoms with Crippen LogP contribution in [0, 0.1) is 0 Å². The number of halogens is 1. The van der Waals surface area contributed by atoms with E-state index in [0.717, 1.165) is 43.3 Å². The molecule has 0 aliphatic carbocycles. The molecule has 5 rings (SSSR count). The van der Waals surface area contributed by atoms with Crippen LogP contribution in [-0.2, 0) is 11.3 Å². The number of imide groups is 1. The van der Waals surface area contributed by atoms with Crippen LogP contribution in [0.25, 0.3) is 0 Å². The molecule has 188 valence electrons. The van der Waals surface area contributed by atoms with Gasteiger partial charge in [0.1, 0.15) is 18.8 Å². The minimum atomic E-state index is -0.632. The molecule has 3 amide bonds. The molecule has 0 N–H and O–H groups in total. The van der Waals surface area contributed by atoms with E-state index in [-0.39, 0.29) is 11.9 Å². The van der Waals surface area contributed by atoms with Crippen molar-refractivity contribution < 1.29 is 18.9 Å². The summed E-state index contributed by atoms with van der Waals surface area (Å²) in [7, 11) is 4.86. The number of piperazine rings is 1. The molecule has 1 atom stereocenters. The van der Waals surface area contributed by atoms with Gasteiger partial charge >= 0.3 is 11.9 Å². The molecule has 3 aliphatic heterocycles. The molecule has 0 radical (unpaired) electrons. The summed E-state index contributed by atoms with van der Waals surface area (Å²) in [6.07, 6.45) is 0. The number of hydrogen-bond donors (Lipinski definition) is 0. The van der Waals surface area contributed by atoms with Gasteiger partial charge in [0.2, 0.25) is 0 Å². The monoisotopic (exact) mass is 509 g/mol. The predicted octanol–water partition coefficient (Wildman–Crippen LogP) is 2.39. The molecule has 0 saturated carbocycles. The summed E-state index contributed by atoms with van der Waals surface area (Å²) in [6.45, 7) is 4.55. The van der Waals surface area contributed by atoms with E-state index >= 15 is 0 Å². The zero-order valence-electron chi connectivity index (χ0n) is 20.7. The average Bonchev–Trinajstić information content (AvgIpc) is 3.24. The molecular weight excluding hydrogens is 480 g/mol. The minimum Gasteiger partial charge on any atom is -0.497 e. The van der Waals surface area contributed by atoms with Gasteiger partial charge in [-0.15, -0.1) is 0 Å². The van der Waals surface area contributed by atoms with Crippen LogP contribution in [0.3, 0.4) is 0 Å². The van der Waals surface area contributed by atoms with E-state index in [1.54, 1.807) is 14.2 Å². The topological polar surface area (TPSA) is 71.7 Å². The minimum absolute atomic E-state index is 0.266. The number of fused-ring (bicyclic) bond motifs is 1. The molecule has 0 aromatic heterocycles. The number of amides is 3. The third-order valence-electron chi connectivity index (χ3n) is 7.03. The summed E-state index contributed by atoms with van der Waals surface area (Å²) >= 11 is 6.23. The smallest absolute Gasteiger partial charge is 0.333 e. The molecule has 3 aliphatic rings. The zero-order valence-corrected chi connectivity index (χ0v) is 21.5. The first-order valence-corrected chi connectivity index (χ1v) is 12.4. The van der Waals surface area contributed by atoms with Gasteiger partial charge < -0.3 is 9.64 Å². The fraction of sp³-hybridized carbons (Fsp3) is 0.385. The number of anilines is 1. The highest BCUT2D eigenvalue weighted by molar-refractivity contribution is 6.30. The largest absolute Gasteiger partial charge is 0.497 e. The number of rotatable bonds is 6. The lowest BCUT2D eigenvalue weighted by atomic mass is 10.1. The Morgan fingerprint density at radius 2 is 1.75 bits per heavy atom. The number of ether oxygens (including phenoxy) is 1. The highest BCUT2D eigenvalue weighted by atomic mass is 35.5. The van der Waals surface area contributed by atoms with Crippen LogP contribution >= 0.6 is 11.6 Å². The fourth-order valence-electron chi connectivity index (χ4n) is 4.95. The van der Waals surface area contributed by atoms with Crippen molar-refractivity contribution >= 4 is 40.9 Å². The molecule has 2 aromatic rings. The van der Waals surface area contributed by atoms with E-state index in [9.17, 15) is 9.59 Å². The third-order valence-corrected chi connectivity index (χ3v) is 7.27. The van der Waals surface area contributed by atoms with E-state index in [2.05, 4.69) is 21.9 Å². The molecule has 36 heavy (non-hydrogen) atoms. The summed E-state index contributed by atoms with van der Waals surface area (Å²) in [5.41, 5.74) is 2.15. The quantitative estimate of drug-likeness (QED) is 0.559. The molecule has 2 aromatic carbocycles. The molecular formula is C26H30ClN6O3+. The first-order valence-electron chi connectivity index (χ1n) is 12.0. The molecule has 2 fully saturated rings. The molecule has 3 heterocycles. The van der Waals surface area contributed by atoms with E-state index in [1.165, 1.54) is 22.5 Å². The standard InChI is InChI=1S/C26H30ClN6O3/c1-29-24-23(25(34)30(2)26(29)35)33(16-18-5-4-6-19(27)15-18)22(28-24)17-31-11-13-32(14-12-31)20-7-9-21(36-3)10-8-20/h4-10,15,23H,11-14,16-17H2,1-3H3/q+1. The lowest BCUT2D eigenvalue weighted by Crippen LogP contribution is -2.61. The van der Waals surface area contributed by atoms with Gasteiger partial charge in [0, 0.05) is 51.0 Å². The number of nitrogens with zero attached hydrogens (tertiary/aromatic N) is 6. The Balaban J connectivity index is 1.37. The van der Waals surface area contributed by atoms with Crippen molar-refractivity contribution in [3.63, 3.8) is 0 Å². The molecule has 10 heteroatoms. The second-order valence-electron chi connectivity index (χ2n) is 9.25. The van der Waals surface area contributed by atoms with Crippen molar-refractivity contribution in [1.82, 2.24) is 14.7 Å². The maximum Gasteiger partial charge on any atom is 0.333 e. The van der Waals surface area contributed by atoms with Gasteiger partial charge in [-0.3, -0.25) is 19.5 Å². The third kappa shape index (κ3) is 4.56. The van der Waals surface area contributed by atoms with Crippen LogP contribution in [0.2, 0.25) is 5.02 Å². The van der Waals surface area contributed by atoms with Gasteiger partial charge in [-0.25, -0.2) is 9.37 Å². The maximum atomic E-state index is 13.2. The normalized spacial score (nSPS) is 20.7. The molecule has 2 saturated heterocycles. The molecule has 0 spiro atoms. The van der Waals surface area contributed by atoms with Crippen molar-refractivity contribution in [1.29, 1.82) is 0 Å². The van der Waals surface area contributed by atoms with Crippen LogP contribution < -0.4 is 9.64 Å². The molecule has 0 bridgehead atoms. The van der Waals surface area contributed by atoms with Gasteiger partial charge in [0.15, 0.2) is 0 Å². The summed E-state index contributed by atoms with van der Waals surface area (Å²) in [5.74, 6) is 1.85. The van der Waals surface area contributed by atoms with Crippen molar-refractivity contribution in [3.8, 4) is 5.75 Å². The van der Waals surface area contributed by atoms with Gasteiger partial charge in [-0.2, -0.15) is 0 Å². The highest BCUT2D eigenvalue weighted by Gasteiger charge is 2.53. The van der Waals surface area contributed by atoms with Gasteiger partial charge in [0.25, 0.3) is 17.8 Å². The summed E-state index contributed by atoms with van der Waals surface area (Å²) in [4.78, 5) is 38.0. The van der Waals surface area contributed by atoms with E-state index in [1.807, 2.05) is 41.0 Å². The number of likely N-dealkylation sites (N-methyl/N-ethyl adjacent to an activating group) is 2. The Hall–Kier alpha value is -3.43. The SMILES string of the molecule is COc1ccc(N2CCN(CC3=[N+](Cc4cccc(Cl)c4)C4C(=O)N(C)C(=O)N(C)C4=N3)CC2)cc1. The Labute approximate surface area is 215 Å². The highest BCUT2D eigenvalue weighted by Crippen LogP contribution is 2.23. The lowest BCUT2D eigenvalue weighted by molar-refractivity contribution is -0.552. The van der Waals surface area contributed by atoms with Crippen LogP contribution in [0.5, 0.6) is 5.75 Å². The van der Waals surface area contributed by atoms with Gasteiger partial charge in [-0.05, 0) is 47.0 Å².